The normalized spacial score (nSPS) is 10.8. The quantitative estimate of drug-likeness (QED) is 0.878. The number of benzene rings is 1. The SMILES string of the molecule is CC(C)n1ncnc1COc1ccc(O)cc1. The Morgan fingerprint density at radius 2 is 2.00 bits per heavy atom. The van der Waals surface area contributed by atoms with Crippen LogP contribution in [-0.4, -0.2) is 19.9 Å². The summed E-state index contributed by atoms with van der Waals surface area (Å²) in [4.78, 5) is 4.15. The van der Waals surface area contributed by atoms with Crippen LogP contribution in [0, 0.1) is 0 Å². The van der Waals surface area contributed by atoms with Crippen LogP contribution in [0.15, 0.2) is 30.6 Å². The summed E-state index contributed by atoms with van der Waals surface area (Å²) in [7, 11) is 0. The molecule has 0 bridgehead atoms. The van der Waals surface area contributed by atoms with Gasteiger partial charge in [-0.2, -0.15) is 5.10 Å². The van der Waals surface area contributed by atoms with Gasteiger partial charge in [-0.25, -0.2) is 9.67 Å². The van der Waals surface area contributed by atoms with E-state index in [-0.39, 0.29) is 11.8 Å². The minimum absolute atomic E-state index is 0.225. The van der Waals surface area contributed by atoms with E-state index in [1.165, 1.54) is 6.33 Å². The number of rotatable bonds is 4. The minimum atomic E-state index is 0.225. The molecule has 1 aromatic carbocycles. The predicted molar refractivity (Wildman–Crippen MR) is 62.8 cm³/mol. The molecule has 0 saturated heterocycles. The Balaban J connectivity index is 2.02. The van der Waals surface area contributed by atoms with Crippen molar-refractivity contribution in [2.45, 2.75) is 26.5 Å². The second kappa shape index (κ2) is 4.86. The number of phenols is 1. The Hall–Kier alpha value is -2.04. The van der Waals surface area contributed by atoms with E-state index in [0.717, 1.165) is 5.82 Å². The van der Waals surface area contributed by atoms with Gasteiger partial charge in [-0.3, -0.25) is 0 Å². The number of aromatic nitrogens is 3. The van der Waals surface area contributed by atoms with Crippen molar-refractivity contribution in [3.05, 3.63) is 36.4 Å². The van der Waals surface area contributed by atoms with Crippen molar-refractivity contribution in [1.29, 1.82) is 0 Å². The monoisotopic (exact) mass is 233 g/mol. The molecule has 0 radical (unpaired) electrons. The summed E-state index contributed by atoms with van der Waals surface area (Å²) in [6, 6.07) is 6.86. The van der Waals surface area contributed by atoms with Crippen molar-refractivity contribution in [3.8, 4) is 11.5 Å². The predicted octanol–water partition coefficient (Wildman–Crippen LogP) is 2.14. The van der Waals surface area contributed by atoms with Crippen molar-refractivity contribution in [2.75, 3.05) is 0 Å². The Morgan fingerprint density at radius 1 is 1.29 bits per heavy atom. The highest BCUT2D eigenvalue weighted by Crippen LogP contribution is 2.17. The zero-order valence-electron chi connectivity index (χ0n) is 9.87. The lowest BCUT2D eigenvalue weighted by atomic mass is 10.3. The van der Waals surface area contributed by atoms with E-state index >= 15 is 0 Å². The highest BCUT2D eigenvalue weighted by Gasteiger charge is 2.07. The standard InChI is InChI=1S/C12H15N3O2/c1-9(2)15-12(13-8-14-15)7-17-11-5-3-10(16)4-6-11/h3-6,8-9,16H,7H2,1-2H3. The fourth-order valence-corrected chi connectivity index (χ4v) is 1.50. The number of aromatic hydroxyl groups is 1. The van der Waals surface area contributed by atoms with Crippen molar-refractivity contribution in [3.63, 3.8) is 0 Å². The van der Waals surface area contributed by atoms with E-state index in [0.29, 0.717) is 12.4 Å². The molecule has 0 aliphatic heterocycles. The lowest BCUT2D eigenvalue weighted by Gasteiger charge is -2.10. The molecule has 0 spiro atoms. The highest BCUT2D eigenvalue weighted by molar-refractivity contribution is 5.30. The van der Waals surface area contributed by atoms with Gasteiger partial charge in [-0.1, -0.05) is 0 Å². The molecule has 17 heavy (non-hydrogen) atoms. The fourth-order valence-electron chi connectivity index (χ4n) is 1.50. The average molecular weight is 233 g/mol. The topological polar surface area (TPSA) is 60.2 Å². The zero-order chi connectivity index (χ0) is 12.3. The molecule has 1 heterocycles. The average Bonchev–Trinajstić information content (AvgIpc) is 2.76. The minimum Gasteiger partial charge on any atom is -0.508 e. The summed E-state index contributed by atoms with van der Waals surface area (Å²) in [6.07, 6.45) is 1.52. The molecule has 5 heteroatoms. The molecule has 90 valence electrons. The maximum absolute atomic E-state index is 9.14. The second-order valence-corrected chi connectivity index (χ2v) is 4.00. The van der Waals surface area contributed by atoms with Crippen molar-refractivity contribution < 1.29 is 9.84 Å². The first-order chi connectivity index (χ1) is 8.16. The lowest BCUT2D eigenvalue weighted by molar-refractivity contribution is 0.282. The van der Waals surface area contributed by atoms with E-state index < -0.39 is 0 Å². The van der Waals surface area contributed by atoms with Crippen LogP contribution in [0.2, 0.25) is 0 Å². The van der Waals surface area contributed by atoms with Gasteiger partial charge in [0.2, 0.25) is 0 Å². The summed E-state index contributed by atoms with van der Waals surface area (Å²) in [5.41, 5.74) is 0. The van der Waals surface area contributed by atoms with Crippen LogP contribution in [0.25, 0.3) is 0 Å². The molecule has 0 amide bonds. The van der Waals surface area contributed by atoms with Crippen molar-refractivity contribution >= 4 is 0 Å². The van der Waals surface area contributed by atoms with Crippen LogP contribution in [0.3, 0.4) is 0 Å². The van der Waals surface area contributed by atoms with Gasteiger partial charge in [0.25, 0.3) is 0 Å². The summed E-state index contributed by atoms with van der Waals surface area (Å²) >= 11 is 0. The number of phenolic OH excluding ortho intramolecular Hbond substituents is 1. The smallest absolute Gasteiger partial charge is 0.165 e. The maximum atomic E-state index is 9.14. The molecule has 0 atom stereocenters. The highest BCUT2D eigenvalue weighted by atomic mass is 16.5. The summed E-state index contributed by atoms with van der Waals surface area (Å²) in [5, 5.41) is 13.3. The summed E-state index contributed by atoms with van der Waals surface area (Å²) < 4.78 is 7.38. The number of ether oxygens (including phenoxy) is 1. The van der Waals surface area contributed by atoms with Crippen LogP contribution in [0.4, 0.5) is 0 Å². The zero-order valence-corrected chi connectivity index (χ0v) is 9.87. The Labute approximate surface area is 99.7 Å². The first-order valence-corrected chi connectivity index (χ1v) is 5.47. The van der Waals surface area contributed by atoms with Gasteiger partial charge >= 0.3 is 0 Å². The Kier molecular flexibility index (Phi) is 3.27. The molecule has 0 aliphatic carbocycles. The van der Waals surface area contributed by atoms with Gasteiger partial charge < -0.3 is 9.84 Å². The van der Waals surface area contributed by atoms with Crippen LogP contribution >= 0.6 is 0 Å². The van der Waals surface area contributed by atoms with E-state index in [4.69, 9.17) is 9.84 Å². The third kappa shape index (κ3) is 2.75. The van der Waals surface area contributed by atoms with Gasteiger partial charge in [0, 0.05) is 6.04 Å². The van der Waals surface area contributed by atoms with Gasteiger partial charge in [0.15, 0.2) is 5.82 Å². The molecule has 1 aromatic heterocycles. The number of hydrogen-bond donors (Lipinski definition) is 1. The van der Waals surface area contributed by atoms with E-state index in [1.54, 1.807) is 24.3 Å². The molecule has 0 unspecified atom stereocenters. The molecular formula is C12H15N3O2. The molecule has 0 saturated carbocycles. The molecule has 2 rings (SSSR count). The number of nitrogens with zero attached hydrogens (tertiary/aromatic N) is 3. The molecule has 0 aliphatic rings. The van der Waals surface area contributed by atoms with E-state index in [1.807, 2.05) is 18.5 Å². The fraction of sp³-hybridized carbons (Fsp3) is 0.333. The van der Waals surface area contributed by atoms with Crippen LogP contribution < -0.4 is 4.74 Å². The number of hydrogen-bond acceptors (Lipinski definition) is 4. The molecular weight excluding hydrogens is 218 g/mol. The first kappa shape index (κ1) is 11.4. The first-order valence-electron chi connectivity index (χ1n) is 5.47. The molecule has 5 nitrogen and oxygen atoms in total. The van der Waals surface area contributed by atoms with Crippen LogP contribution in [-0.2, 0) is 6.61 Å². The molecule has 1 N–H and O–H groups in total. The van der Waals surface area contributed by atoms with Gasteiger partial charge in [-0.15, -0.1) is 0 Å². The van der Waals surface area contributed by atoms with Gasteiger partial charge in [-0.05, 0) is 38.1 Å². The summed E-state index contributed by atoms with van der Waals surface area (Å²) in [6.45, 7) is 4.44. The van der Waals surface area contributed by atoms with Gasteiger partial charge in [0.05, 0.1) is 0 Å². The van der Waals surface area contributed by atoms with Crippen LogP contribution in [0.5, 0.6) is 11.5 Å². The maximum Gasteiger partial charge on any atom is 0.165 e. The van der Waals surface area contributed by atoms with E-state index in [2.05, 4.69) is 10.1 Å². The third-order valence-electron chi connectivity index (χ3n) is 2.34. The van der Waals surface area contributed by atoms with Crippen LogP contribution in [0.1, 0.15) is 25.7 Å². The van der Waals surface area contributed by atoms with Gasteiger partial charge in [0.1, 0.15) is 24.4 Å². The van der Waals surface area contributed by atoms with E-state index in [9.17, 15) is 0 Å². The lowest BCUT2D eigenvalue weighted by Crippen LogP contribution is -2.10. The summed E-state index contributed by atoms with van der Waals surface area (Å²) in [5.74, 6) is 1.71. The Bertz CT molecular complexity index is 477. The second-order valence-electron chi connectivity index (χ2n) is 4.00. The van der Waals surface area contributed by atoms with Crippen molar-refractivity contribution in [2.24, 2.45) is 0 Å². The third-order valence-corrected chi connectivity index (χ3v) is 2.34. The largest absolute Gasteiger partial charge is 0.508 e. The molecule has 2 aromatic rings. The Morgan fingerprint density at radius 3 is 2.65 bits per heavy atom. The van der Waals surface area contributed by atoms with Crippen molar-refractivity contribution in [1.82, 2.24) is 14.8 Å². The molecule has 0 fully saturated rings.